The van der Waals surface area contributed by atoms with E-state index in [0.717, 1.165) is 11.1 Å². The second kappa shape index (κ2) is 11.3. The highest BCUT2D eigenvalue weighted by atomic mass is 16.3. The summed E-state index contributed by atoms with van der Waals surface area (Å²) in [5.41, 5.74) is 3.62. The Morgan fingerprint density at radius 2 is 0.872 bits per heavy atom. The fourth-order valence-electron chi connectivity index (χ4n) is 6.34. The van der Waals surface area contributed by atoms with E-state index in [9.17, 15) is 5.48 Å². The van der Waals surface area contributed by atoms with Crippen LogP contribution in [0.5, 0.6) is 0 Å². The largest absolute Gasteiger partial charge is 0.455 e. The van der Waals surface area contributed by atoms with E-state index in [2.05, 4.69) is 0 Å². The molecule has 1 heteroatoms. The van der Waals surface area contributed by atoms with Crippen molar-refractivity contribution in [1.29, 1.82) is 0 Å². The Hall–Kier alpha value is -6.18. The van der Waals surface area contributed by atoms with Crippen LogP contribution in [0.3, 0.4) is 0 Å². The van der Waals surface area contributed by atoms with Gasteiger partial charge in [0.15, 0.2) is 0 Å². The van der Waals surface area contributed by atoms with Crippen molar-refractivity contribution in [3.63, 3.8) is 0 Å². The highest BCUT2D eigenvalue weighted by Crippen LogP contribution is 2.50. The highest BCUT2D eigenvalue weighted by molar-refractivity contribution is 6.25. The third-order valence-corrected chi connectivity index (χ3v) is 8.40. The van der Waals surface area contributed by atoms with Gasteiger partial charge in [-0.15, -0.1) is 0 Å². The molecule has 0 spiro atoms. The van der Waals surface area contributed by atoms with E-state index < -0.39 is 78.6 Å². The molecule has 8 aromatic carbocycles. The van der Waals surface area contributed by atoms with Crippen molar-refractivity contribution in [2.45, 2.75) is 0 Å². The Balaban J connectivity index is 1.53. The Labute approximate surface area is 292 Å². The molecule has 1 nitrogen and oxygen atoms in total. The predicted octanol–water partition coefficient (Wildman–Crippen LogP) is 13.1. The van der Waals surface area contributed by atoms with Gasteiger partial charge in [-0.25, -0.2) is 0 Å². The molecule has 0 amide bonds. The van der Waals surface area contributed by atoms with Crippen molar-refractivity contribution >= 4 is 32.5 Å². The van der Waals surface area contributed by atoms with Crippen LogP contribution < -0.4 is 0 Å². The molecule has 0 bridgehead atoms. The molecule has 0 fully saturated rings. The number of hydrogen-bond acceptors (Lipinski definition) is 1. The first-order valence-electron chi connectivity index (χ1n) is 21.5. The lowest BCUT2D eigenvalue weighted by Gasteiger charge is -2.18. The van der Waals surface area contributed by atoms with E-state index in [1.807, 2.05) is 42.5 Å². The summed E-state index contributed by atoms with van der Waals surface area (Å²) in [6.45, 7) is 0. The van der Waals surface area contributed by atoms with Gasteiger partial charge < -0.3 is 4.42 Å². The molecule has 47 heavy (non-hydrogen) atoms. The summed E-state index contributed by atoms with van der Waals surface area (Å²) in [6, 6.07) is 24.1. The normalized spacial score (nSPS) is 15.3. The smallest absolute Gasteiger partial charge is 0.143 e. The maximum atomic E-state index is 9.53. The van der Waals surface area contributed by atoms with Crippen LogP contribution in [0.1, 0.15) is 17.8 Å². The van der Waals surface area contributed by atoms with Gasteiger partial charge in [-0.2, -0.15) is 0 Å². The molecule has 0 aliphatic heterocycles. The van der Waals surface area contributed by atoms with E-state index in [1.165, 1.54) is 0 Å². The maximum Gasteiger partial charge on any atom is 0.143 e. The molecule has 1 aromatic heterocycles. The van der Waals surface area contributed by atoms with E-state index in [0.29, 0.717) is 22.1 Å². The molecule has 0 atom stereocenters. The van der Waals surface area contributed by atoms with Gasteiger partial charge in [0.2, 0.25) is 0 Å². The second-order valence-corrected chi connectivity index (χ2v) is 11.1. The zero-order chi connectivity index (χ0) is 42.5. The average Bonchev–Trinajstić information content (AvgIpc) is 3.65. The monoisotopic (exact) mass is 611 g/mol. The summed E-state index contributed by atoms with van der Waals surface area (Å²) < 4.78 is 122. The van der Waals surface area contributed by atoms with Crippen LogP contribution in [0.4, 0.5) is 0 Å². The molecule has 0 unspecified atom stereocenters. The first kappa shape index (κ1) is 16.9. The zero-order valence-electron chi connectivity index (χ0n) is 37.7. The topological polar surface area (TPSA) is 13.1 Å². The first-order valence-corrected chi connectivity index (χ1v) is 15.0. The van der Waals surface area contributed by atoms with Crippen LogP contribution in [0.2, 0.25) is 0 Å². The quantitative estimate of drug-likeness (QED) is 0.176. The highest BCUT2D eigenvalue weighted by Gasteiger charge is 2.24. The summed E-state index contributed by atoms with van der Waals surface area (Å²) in [4.78, 5) is 0. The zero-order valence-corrected chi connectivity index (χ0v) is 24.7. The molecule has 0 N–H and O–H groups in total. The standard InChI is InChI=1S/C46H30O/c1-4-15-31(16-5-1)34-21-14-22-36(29-34)46-45(41-30-35(27-28-42(41)47-46)32-17-6-2-7-18-32)44-39-25-12-10-23-37(39)43(33-19-8-3-9-20-33)38-24-11-13-26-40(38)44/h1-30H/i1D,4D,5D,10D,11D,12D,13D,15D,16D,23D,24D,25D,26D. The van der Waals surface area contributed by atoms with Gasteiger partial charge in [-0.1, -0.05) is 163 Å². The van der Waals surface area contributed by atoms with E-state index in [-0.39, 0.29) is 55.1 Å². The minimum Gasteiger partial charge on any atom is -0.455 e. The molecule has 220 valence electrons. The Morgan fingerprint density at radius 1 is 0.340 bits per heavy atom. The number of furan rings is 1. The van der Waals surface area contributed by atoms with Gasteiger partial charge in [-0.05, 0) is 73.1 Å². The molecular weight excluding hydrogens is 569 g/mol. The van der Waals surface area contributed by atoms with Crippen LogP contribution in [0, 0.1) is 0 Å². The van der Waals surface area contributed by atoms with Crippen molar-refractivity contribution in [3.05, 3.63) is 182 Å². The van der Waals surface area contributed by atoms with Crippen molar-refractivity contribution in [1.82, 2.24) is 0 Å². The molecule has 0 saturated carbocycles. The van der Waals surface area contributed by atoms with Crippen LogP contribution in [0.25, 0.3) is 88.3 Å². The average molecular weight is 612 g/mol. The predicted molar refractivity (Wildman–Crippen MR) is 198 cm³/mol. The van der Waals surface area contributed by atoms with Crippen LogP contribution >= 0.6 is 0 Å². The van der Waals surface area contributed by atoms with Gasteiger partial charge in [-0.3, -0.25) is 0 Å². The summed E-state index contributed by atoms with van der Waals surface area (Å²) in [6.07, 6.45) is 0. The molecule has 0 aliphatic carbocycles. The van der Waals surface area contributed by atoms with Gasteiger partial charge in [0, 0.05) is 22.1 Å². The van der Waals surface area contributed by atoms with Gasteiger partial charge >= 0.3 is 0 Å². The summed E-state index contributed by atoms with van der Waals surface area (Å²) in [5.74, 6) is 0.152. The van der Waals surface area contributed by atoms with E-state index in [4.69, 9.17) is 16.8 Å². The second-order valence-electron chi connectivity index (χ2n) is 11.1. The molecule has 1 heterocycles. The summed E-state index contributed by atoms with van der Waals surface area (Å²) >= 11 is 0. The fraction of sp³-hybridized carbons (Fsp3) is 0. The summed E-state index contributed by atoms with van der Waals surface area (Å²) in [5, 5.41) is 0.579. The first-order chi connectivity index (χ1) is 28.7. The van der Waals surface area contributed by atoms with Gasteiger partial charge in [0.25, 0.3) is 0 Å². The maximum absolute atomic E-state index is 9.53. The van der Waals surface area contributed by atoms with Crippen molar-refractivity contribution in [2.24, 2.45) is 0 Å². The van der Waals surface area contributed by atoms with Gasteiger partial charge in [0.1, 0.15) is 11.3 Å². The Kier molecular flexibility index (Phi) is 4.08. The molecule has 9 rings (SSSR count). The van der Waals surface area contributed by atoms with Crippen molar-refractivity contribution in [3.8, 4) is 55.8 Å². The number of rotatable bonds is 5. The molecule has 0 aliphatic rings. The molecule has 9 aromatic rings. The van der Waals surface area contributed by atoms with E-state index in [1.54, 1.807) is 60.7 Å². The van der Waals surface area contributed by atoms with Crippen molar-refractivity contribution in [2.75, 3.05) is 0 Å². The minimum absolute atomic E-state index is 0.00761. The summed E-state index contributed by atoms with van der Waals surface area (Å²) in [7, 11) is 0. The SMILES string of the molecule is [2H]c1c([2H])c([2H])c(-c2cccc(-c3oc4ccc(-c5ccccc5)cc4c3-c3c4c([2H])c([2H])c([2H])c([2H])c4c(-c4ccccc4)c4c([2H])c([2H])c([2H])c([2H])c34)c2)c([2H])c1[2H]. The van der Waals surface area contributed by atoms with E-state index >= 15 is 0 Å². The fourth-order valence-corrected chi connectivity index (χ4v) is 6.34. The lowest BCUT2D eigenvalue weighted by atomic mass is 9.84. The van der Waals surface area contributed by atoms with Crippen LogP contribution in [-0.2, 0) is 0 Å². The Morgan fingerprint density at radius 3 is 1.53 bits per heavy atom. The van der Waals surface area contributed by atoms with Gasteiger partial charge in [0.05, 0.1) is 17.8 Å². The van der Waals surface area contributed by atoms with Crippen LogP contribution in [0.15, 0.2) is 186 Å². The molecular formula is C46H30O. The Bertz CT molecular complexity index is 3180. The number of fused-ring (bicyclic) bond motifs is 3. The molecule has 0 radical (unpaired) electrons. The third kappa shape index (κ3) is 4.64. The minimum atomic E-state index is -0.546. The number of hydrogen-bond donors (Lipinski definition) is 0. The lowest BCUT2D eigenvalue weighted by Crippen LogP contribution is -1.91. The molecule has 0 saturated heterocycles. The lowest BCUT2D eigenvalue weighted by molar-refractivity contribution is 0.632. The third-order valence-electron chi connectivity index (χ3n) is 8.40. The van der Waals surface area contributed by atoms with Crippen LogP contribution in [-0.4, -0.2) is 0 Å². The number of benzene rings is 8. The van der Waals surface area contributed by atoms with Crippen molar-refractivity contribution < 1.29 is 22.2 Å².